The van der Waals surface area contributed by atoms with Crippen molar-refractivity contribution in [1.29, 1.82) is 0 Å². The zero-order chi connectivity index (χ0) is 16.9. The van der Waals surface area contributed by atoms with Gasteiger partial charge in [0.15, 0.2) is 0 Å². The van der Waals surface area contributed by atoms with Crippen LogP contribution in [0.1, 0.15) is 33.6 Å². The molecule has 3 amide bonds. The summed E-state index contributed by atoms with van der Waals surface area (Å²) in [4.78, 5) is 40.7. The molecule has 22 heavy (non-hydrogen) atoms. The summed E-state index contributed by atoms with van der Waals surface area (Å²) in [6, 6.07) is -0.881. The lowest BCUT2D eigenvalue weighted by atomic mass is 9.98. The van der Waals surface area contributed by atoms with Gasteiger partial charge in [-0.3, -0.25) is 14.4 Å². The average Bonchev–Trinajstić information content (AvgIpc) is 2.79. The van der Waals surface area contributed by atoms with Crippen LogP contribution in [0, 0.1) is 5.92 Å². The highest BCUT2D eigenvalue weighted by Gasteiger charge is 2.33. The molecule has 0 radical (unpaired) electrons. The van der Waals surface area contributed by atoms with Crippen LogP contribution < -0.4 is 10.6 Å². The molecule has 2 N–H and O–H groups in total. The highest BCUT2D eigenvalue weighted by molar-refractivity contribution is 5.87. The van der Waals surface area contributed by atoms with Gasteiger partial charge in [0.1, 0.15) is 11.6 Å². The van der Waals surface area contributed by atoms with Crippen LogP contribution in [0.2, 0.25) is 0 Å². The number of nitrogens with one attached hydrogen (secondary N) is 2. The molecule has 0 aromatic rings. The molecule has 2 atom stereocenters. The van der Waals surface area contributed by atoms with E-state index in [4.69, 9.17) is 9.57 Å². The van der Waals surface area contributed by atoms with Gasteiger partial charge in [-0.15, -0.1) is 0 Å². The Labute approximate surface area is 130 Å². The molecule has 1 aliphatic heterocycles. The highest BCUT2D eigenvalue weighted by Crippen LogP contribution is 2.18. The van der Waals surface area contributed by atoms with Crippen molar-refractivity contribution in [2.45, 2.75) is 45.3 Å². The van der Waals surface area contributed by atoms with E-state index in [1.165, 1.54) is 14.2 Å². The molecule has 1 fully saturated rings. The van der Waals surface area contributed by atoms with E-state index in [0.717, 1.165) is 5.06 Å². The predicted octanol–water partition coefficient (Wildman–Crippen LogP) is 0.426. The minimum absolute atomic E-state index is 0.108. The van der Waals surface area contributed by atoms with Crippen LogP contribution in [0.3, 0.4) is 0 Å². The van der Waals surface area contributed by atoms with Crippen LogP contribution in [0.15, 0.2) is 0 Å². The first-order chi connectivity index (χ1) is 10.1. The summed E-state index contributed by atoms with van der Waals surface area (Å²) >= 11 is 0. The Morgan fingerprint density at radius 1 is 1.45 bits per heavy atom. The fraction of sp³-hybridized carbons (Fsp3) is 0.786. The Kier molecular flexibility index (Phi) is 6.16. The molecule has 8 nitrogen and oxygen atoms in total. The van der Waals surface area contributed by atoms with Crippen LogP contribution in [0.4, 0.5) is 4.79 Å². The Morgan fingerprint density at radius 2 is 2.09 bits per heavy atom. The molecule has 0 saturated carbocycles. The Bertz CT molecular complexity index is 433. The SMILES string of the molecule is CON(C)C(=O)C(CC1CCNC1=O)NC(=O)OC(C)(C)C. The fourth-order valence-electron chi connectivity index (χ4n) is 2.14. The lowest BCUT2D eigenvalue weighted by Gasteiger charge is -2.26. The molecule has 0 aromatic carbocycles. The summed E-state index contributed by atoms with van der Waals surface area (Å²) in [5.41, 5.74) is -0.671. The molecule has 0 spiro atoms. The van der Waals surface area contributed by atoms with Gasteiger partial charge < -0.3 is 15.4 Å². The third-order valence-corrected chi connectivity index (χ3v) is 3.26. The highest BCUT2D eigenvalue weighted by atomic mass is 16.7. The van der Waals surface area contributed by atoms with E-state index >= 15 is 0 Å². The van der Waals surface area contributed by atoms with E-state index in [0.29, 0.717) is 13.0 Å². The summed E-state index contributed by atoms with van der Waals surface area (Å²) in [7, 11) is 2.80. The number of likely N-dealkylation sites (N-methyl/N-ethyl adjacent to an activating group) is 1. The summed E-state index contributed by atoms with van der Waals surface area (Å²) in [6.07, 6.45) is 0.140. The normalized spacial score (nSPS) is 19.3. The van der Waals surface area contributed by atoms with Gasteiger partial charge in [-0.1, -0.05) is 0 Å². The zero-order valence-electron chi connectivity index (χ0n) is 13.8. The van der Waals surface area contributed by atoms with E-state index in [9.17, 15) is 14.4 Å². The lowest BCUT2D eigenvalue weighted by molar-refractivity contribution is -0.171. The maximum Gasteiger partial charge on any atom is 0.408 e. The summed E-state index contributed by atoms with van der Waals surface area (Å²) in [5.74, 6) is -0.855. The summed E-state index contributed by atoms with van der Waals surface area (Å²) < 4.78 is 5.16. The fourth-order valence-corrected chi connectivity index (χ4v) is 2.14. The molecule has 1 heterocycles. The molecular formula is C14H25N3O5. The number of nitrogens with zero attached hydrogens (tertiary/aromatic N) is 1. The van der Waals surface area contributed by atoms with Crippen molar-refractivity contribution < 1.29 is 24.0 Å². The molecule has 1 saturated heterocycles. The Morgan fingerprint density at radius 3 is 2.55 bits per heavy atom. The van der Waals surface area contributed by atoms with E-state index in [1.807, 2.05) is 0 Å². The van der Waals surface area contributed by atoms with Crippen LogP contribution in [0.5, 0.6) is 0 Å². The maximum atomic E-state index is 12.3. The summed E-state index contributed by atoms with van der Waals surface area (Å²) in [6.45, 7) is 5.77. The Balaban J connectivity index is 2.75. The van der Waals surface area contributed by atoms with Crippen LogP contribution in [0.25, 0.3) is 0 Å². The lowest BCUT2D eigenvalue weighted by Crippen LogP contribution is -2.49. The van der Waals surface area contributed by atoms with Crippen LogP contribution in [-0.4, -0.2) is 55.3 Å². The molecule has 0 aliphatic carbocycles. The molecule has 126 valence electrons. The van der Waals surface area contributed by atoms with Gasteiger partial charge in [-0.05, 0) is 33.6 Å². The first-order valence-corrected chi connectivity index (χ1v) is 7.23. The van der Waals surface area contributed by atoms with Crippen molar-refractivity contribution in [3.05, 3.63) is 0 Å². The van der Waals surface area contributed by atoms with Gasteiger partial charge in [0.05, 0.1) is 7.11 Å². The minimum Gasteiger partial charge on any atom is -0.444 e. The van der Waals surface area contributed by atoms with Gasteiger partial charge >= 0.3 is 6.09 Å². The maximum absolute atomic E-state index is 12.3. The van der Waals surface area contributed by atoms with Crippen molar-refractivity contribution in [3.8, 4) is 0 Å². The molecule has 8 heteroatoms. The van der Waals surface area contributed by atoms with Crippen molar-refractivity contribution >= 4 is 17.9 Å². The number of rotatable bonds is 5. The topological polar surface area (TPSA) is 97.0 Å². The molecule has 0 aromatic heterocycles. The smallest absolute Gasteiger partial charge is 0.408 e. The van der Waals surface area contributed by atoms with Crippen LogP contribution in [-0.2, 0) is 19.2 Å². The predicted molar refractivity (Wildman–Crippen MR) is 78.7 cm³/mol. The first-order valence-electron chi connectivity index (χ1n) is 7.23. The van der Waals surface area contributed by atoms with Gasteiger partial charge in [0.2, 0.25) is 5.91 Å². The second-order valence-electron chi connectivity index (χ2n) is 6.23. The van der Waals surface area contributed by atoms with E-state index in [2.05, 4.69) is 10.6 Å². The quantitative estimate of drug-likeness (QED) is 0.717. The summed E-state index contributed by atoms with van der Waals surface area (Å²) in [5, 5.41) is 6.26. The van der Waals surface area contributed by atoms with E-state index in [1.54, 1.807) is 20.8 Å². The van der Waals surface area contributed by atoms with Crippen molar-refractivity contribution in [2.75, 3.05) is 20.7 Å². The van der Waals surface area contributed by atoms with Gasteiger partial charge in [-0.25, -0.2) is 9.86 Å². The third-order valence-electron chi connectivity index (χ3n) is 3.26. The van der Waals surface area contributed by atoms with Crippen LogP contribution >= 0.6 is 0 Å². The number of alkyl carbamates (subject to hydrolysis) is 1. The standard InChI is InChI=1S/C14H25N3O5/c1-14(2,3)22-13(20)16-10(12(19)17(4)21-5)8-9-6-7-15-11(9)18/h9-10H,6-8H2,1-5H3,(H,15,18)(H,16,20). The number of ether oxygens (including phenoxy) is 1. The number of hydrogen-bond donors (Lipinski definition) is 2. The van der Waals surface area contributed by atoms with E-state index in [-0.39, 0.29) is 18.2 Å². The third kappa shape index (κ3) is 5.51. The van der Waals surface area contributed by atoms with E-state index < -0.39 is 23.6 Å². The zero-order valence-corrected chi connectivity index (χ0v) is 13.8. The monoisotopic (exact) mass is 315 g/mol. The molecule has 1 aliphatic rings. The number of hydroxylamine groups is 2. The second kappa shape index (κ2) is 7.44. The van der Waals surface area contributed by atoms with Gasteiger partial charge in [0.25, 0.3) is 5.91 Å². The Hall–Kier alpha value is -1.83. The molecule has 2 unspecified atom stereocenters. The van der Waals surface area contributed by atoms with Crippen molar-refractivity contribution in [1.82, 2.24) is 15.7 Å². The van der Waals surface area contributed by atoms with Gasteiger partial charge in [0, 0.05) is 19.5 Å². The van der Waals surface area contributed by atoms with Gasteiger partial charge in [-0.2, -0.15) is 0 Å². The van der Waals surface area contributed by atoms with Crippen molar-refractivity contribution in [2.24, 2.45) is 5.92 Å². The molecule has 1 rings (SSSR count). The number of carbonyl (C=O) groups excluding carboxylic acids is 3. The second-order valence-corrected chi connectivity index (χ2v) is 6.23. The minimum atomic E-state index is -0.881. The average molecular weight is 315 g/mol. The number of amides is 3. The molecular weight excluding hydrogens is 290 g/mol. The number of carbonyl (C=O) groups is 3. The van der Waals surface area contributed by atoms with Crippen molar-refractivity contribution in [3.63, 3.8) is 0 Å². The largest absolute Gasteiger partial charge is 0.444 e. The number of hydrogen-bond acceptors (Lipinski definition) is 5. The first kappa shape index (κ1) is 18.2. The molecule has 0 bridgehead atoms.